The molecule has 0 bridgehead atoms. The molecule has 2 heteroatoms. The van der Waals surface area contributed by atoms with E-state index in [1.165, 1.54) is 96.6 Å². The summed E-state index contributed by atoms with van der Waals surface area (Å²) in [5.41, 5.74) is 0. The van der Waals surface area contributed by atoms with Crippen molar-refractivity contribution in [2.45, 2.75) is 110 Å². The highest BCUT2D eigenvalue weighted by Crippen LogP contribution is 2.23. The van der Waals surface area contributed by atoms with Crippen LogP contribution in [-0.4, -0.2) is 29.1 Å². The minimum atomic E-state index is 0.648. The average Bonchev–Trinajstić information content (AvgIpc) is 2.94. The monoisotopic (exact) mass is 322 g/mol. The summed E-state index contributed by atoms with van der Waals surface area (Å²) in [5, 5.41) is 0. The molecule has 1 aliphatic rings. The van der Waals surface area contributed by atoms with E-state index in [0.29, 0.717) is 6.17 Å². The summed E-state index contributed by atoms with van der Waals surface area (Å²) in [6, 6.07) is 0. The van der Waals surface area contributed by atoms with Crippen molar-refractivity contribution in [3.05, 3.63) is 12.4 Å². The van der Waals surface area contributed by atoms with Crippen LogP contribution in [-0.2, 0) is 0 Å². The van der Waals surface area contributed by atoms with Gasteiger partial charge >= 0.3 is 0 Å². The number of hydrogen-bond donors (Lipinski definition) is 0. The number of nitrogens with zero attached hydrogens (tertiary/aromatic N) is 2. The first-order valence-corrected chi connectivity index (χ1v) is 10.5. The van der Waals surface area contributed by atoms with Crippen LogP contribution in [0.3, 0.4) is 0 Å². The molecule has 0 saturated carbocycles. The van der Waals surface area contributed by atoms with Crippen LogP contribution in [0.4, 0.5) is 0 Å². The van der Waals surface area contributed by atoms with E-state index >= 15 is 0 Å². The Bertz CT molecular complexity index is 288. The fourth-order valence-electron chi connectivity index (χ4n) is 3.54. The predicted molar refractivity (Wildman–Crippen MR) is 103 cm³/mol. The van der Waals surface area contributed by atoms with Crippen molar-refractivity contribution < 1.29 is 0 Å². The molecular weight excluding hydrogens is 280 g/mol. The molecule has 0 fully saturated rings. The SMILES string of the molecule is CCCCCCCN1C=CN(CCCCCC)C1CCCCC. The molecule has 0 radical (unpaired) electrons. The van der Waals surface area contributed by atoms with Crippen molar-refractivity contribution in [2.75, 3.05) is 13.1 Å². The Morgan fingerprint density at radius 1 is 0.565 bits per heavy atom. The summed E-state index contributed by atoms with van der Waals surface area (Å²) in [5.74, 6) is 0. The highest BCUT2D eigenvalue weighted by atomic mass is 15.4. The number of hydrogen-bond acceptors (Lipinski definition) is 2. The van der Waals surface area contributed by atoms with E-state index in [1.54, 1.807) is 0 Å². The second kappa shape index (κ2) is 13.7. The number of unbranched alkanes of at least 4 members (excludes halogenated alkanes) is 9. The molecule has 1 rings (SSSR count). The van der Waals surface area contributed by atoms with Crippen LogP contribution < -0.4 is 0 Å². The van der Waals surface area contributed by atoms with Crippen LogP contribution in [0.5, 0.6) is 0 Å². The zero-order valence-electron chi connectivity index (χ0n) is 16.2. The van der Waals surface area contributed by atoms with E-state index in [-0.39, 0.29) is 0 Å². The van der Waals surface area contributed by atoms with Crippen molar-refractivity contribution in [1.82, 2.24) is 9.80 Å². The van der Waals surface area contributed by atoms with Gasteiger partial charge in [0.15, 0.2) is 0 Å². The van der Waals surface area contributed by atoms with Gasteiger partial charge in [-0.3, -0.25) is 0 Å². The zero-order valence-corrected chi connectivity index (χ0v) is 16.2. The summed E-state index contributed by atoms with van der Waals surface area (Å²) >= 11 is 0. The van der Waals surface area contributed by atoms with Crippen LogP contribution in [0.2, 0.25) is 0 Å². The van der Waals surface area contributed by atoms with Gasteiger partial charge in [0.05, 0.1) is 0 Å². The maximum absolute atomic E-state index is 2.63. The highest BCUT2D eigenvalue weighted by molar-refractivity contribution is 4.96. The molecular formula is C21H42N2. The molecule has 0 aromatic carbocycles. The van der Waals surface area contributed by atoms with Crippen molar-refractivity contribution in [2.24, 2.45) is 0 Å². The molecule has 2 nitrogen and oxygen atoms in total. The summed E-state index contributed by atoms with van der Waals surface area (Å²) in [6.45, 7) is 9.40. The minimum Gasteiger partial charge on any atom is -0.356 e. The number of rotatable bonds is 15. The smallest absolute Gasteiger partial charge is 0.101 e. The second-order valence-electron chi connectivity index (χ2n) is 7.23. The molecule has 1 heterocycles. The Balaban J connectivity index is 2.34. The molecule has 0 spiro atoms. The van der Waals surface area contributed by atoms with Gasteiger partial charge in [-0.1, -0.05) is 78.6 Å². The summed E-state index contributed by atoms with van der Waals surface area (Å²) < 4.78 is 0. The van der Waals surface area contributed by atoms with E-state index < -0.39 is 0 Å². The van der Waals surface area contributed by atoms with Crippen LogP contribution >= 0.6 is 0 Å². The van der Waals surface area contributed by atoms with Gasteiger partial charge in [0.25, 0.3) is 0 Å². The van der Waals surface area contributed by atoms with E-state index in [0.717, 1.165) is 0 Å². The highest BCUT2D eigenvalue weighted by Gasteiger charge is 2.24. The summed E-state index contributed by atoms with van der Waals surface area (Å²) in [4.78, 5) is 5.25. The van der Waals surface area contributed by atoms with Crippen molar-refractivity contribution in [3.8, 4) is 0 Å². The second-order valence-corrected chi connectivity index (χ2v) is 7.23. The largest absolute Gasteiger partial charge is 0.356 e. The minimum absolute atomic E-state index is 0.648. The topological polar surface area (TPSA) is 6.48 Å². The standard InChI is InChI=1S/C21H42N2/c1-4-7-10-12-15-18-23-20-19-22(17-14-11-8-5-2)21(23)16-13-9-6-3/h19-21H,4-18H2,1-3H3. The third-order valence-electron chi connectivity index (χ3n) is 5.07. The fraction of sp³-hybridized carbons (Fsp3) is 0.905. The molecule has 0 amide bonds. The first-order valence-electron chi connectivity index (χ1n) is 10.5. The van der Waals surface area contributed by atoms with Gasteiger partial charge < -0.3 is 9.80 Å². The van der Waals surface area contributed by atoms with Crippen LogP contribution in [0.1, 0.15) is 104 Å². The maximum atomic E-state index is 2.63. The average molecular weight is 323 g/mol. The maximum Gasteiger partial charge on any atom is 0.101 e. The van der Waals surface area contributed by atoms with E-state index in [4.69, 9.17) is 0 Å². The van der Waals surface area contributed by atoms with Gasteiger partial charge in [-0.05, 0) is 25.7 Å². The summed E-state index contributed by atoms with van der Waals surface area (Å²) in [6.07, 6.45) is 23.2. The Labute approximate surface area is 146 Å². The molecule has 23 heavy (non-hydrogen) atoms. The quantitative estimate of drug-likeness (QED) is 0.316. The molecule has 1 aliphatic heterocycles. The van der Waals surface area contributed by atoms with Crippen molar-refractivity contribution in [3.63, 3.8) is 0 Å². The van der Waals surface area contributed by atoms with Crippen LogP contribution in [0, 0.1) is 0 Å². The Morgan fingerprint density at radius 2 is 1.00 bits per heavy atom. The van der Waals surface area contributed by atoms with Crippen LogP contribution in [0.25, 0.3) is 0 Å². The summed E-state index contributed by atoms with van der Waals surface area (Å²) in [7, 11) is 0. The predicted octanol–water partition coefficient (Wildman–Crippen LogP) is 6.53. The molecule has 0 aromatic rings. The molecule has 0 aromatic heterocycles. The zero-order chi connectivity index (χ0) is 16.8. The third-order valence-corrected chi connectivity index (χ3v) is 5.07. The molecule has 0 N–H and O–H groups in total. The van der Waals surface area contributed by atoms with Gasteiger partial charge in [0, 0.05) is 25.5 Å². The van der Waals surface area contributed by atoms with E-state index in [2.05, 4.69) is 43.0 Å². The molecule has 1 atom stereocenters. The van der Waals surface area contributed by atoms with Crippen molar-refractivity contribution >= 4 is 0 Å². The van der Waals surface area contributed by atoms with E-state index in [1.807, 2.05) is 0 Å². The Kier molecular flexibility index (Phi) is 12.2. The third kappa shape index (κ3) is 8.67. The normalized spacial score (nSPS) is 17.4. The fourth-order valence-corrected chi connectivity index (χ4v) is 3.54. The van der Waals surface area contributed by atoms with Crippen LogP contribution in [0.15, 0.2) is 12.4 Å². The molecule has 0 aliphatic carbocycles. The van der Waals surface area contributed by atoms with Gasteiger partial charge in [-0.25, -0.2) is 0 Å². The Morgan fingerprint density at radius 3 is 1.52 bits per heavy atom. The molecule has 0 saturated heterocycles. The first kappa shape index (κ1) is 20.4. The lowest BCUT2D eigenvalue weighted by atomic mass is 10.1. The molecule has 136 valence electrons. The lowest BCUT2D eigenvalue weighted by molar-refractivity contribution is 0.136. The Hall–Kier alpha value is -0.660. The van der Waals surface area contributed by atoms with E-state index in [9.17, 15) is 0 Å². The van der Waals surface area contributed by atoms with Crippen molar-refractivity contribution in [1.29, 1.82) is 0 Å². The first-order chi connectivity index (χ1) is 11.3. The van der Waals surface area contributed by atoms with Gasteiger partial charge in [0.1, 0.15) is 6.17 Å². The molecule has 1 unspecified atom stereocenters. The van der Waals surface area contributed by atoms with Gasteiger partial charge in [-0.15, -0.1) is 0 Å². The lowest BCUT2D eigenvalue weighted by Crippen LogP contribution is -2.39. The van der Waals surface area contributed by atoms with Gasteiger partial charge in [0.2, 0.25) is 0 Å². The lowest BCUT2D eigenvalue weighted by Gasteiger charge is -2.33. The van der Waals surface area contributed by atoms with Gasteiger partial charge in [-0.2, -0.15) is 0 Å².